The average molecular weight is 568 g/mol. The predicted octanol–water partition coefficient (Wildman–Crippen LogP) is 6.67. The number of carbonyl (C=O) groups is 1. The van der Waals surface area contributed by atoms with Gasteiger partial charge in [-0.05, 0) is 55.0 Å². The van der Waals surface area contributed by atoms with Crippen molar-refractivity contribution in [2.24, 2.45) is 0 Å². The maximum absolute atomic E-state index is 12.2. The number of urea groups is 1. The van der Waals surface area contributed by atoms with Crippen LogP contribution in [-0.4, -0.2) is 68.5 Å². The molecule has 42 heavy (non-hydrogen) atoms. The molecule has 0 aliphatic carbocycles. The Morgan fingerprint density at radius 3 is 2.52 bits per heavy atom. The molecule has 0 spiro atoms. The van der Waals surface area contributed by atoms with Gasteiger partial charge in [-0.1, -0.05) is 13.8 Å². The van der Waals surface area contributed by atoms with E-state index < -0.39 is 0 Å². The van der Waals surface area contributed by atoms with Gasteiger partial charge >= 0.3 is 6.03 Å². The largest absolute Gasteiger partial charge is 0.490 e. The van der Waals surface area contributed by atoms with Crippen LogP contribution >= 0.6 is 0 Å². The van der Waals surface area contributed by atoms with Crippen molar-refractivity contribution in [3.63, 3.8) is 0 Å². The molecule has 2 aromatic carbocycles. The summed E-state index contributed by atoms with van der Waals surface area (Å²) in [5.41, 5.74) is 3.52. The summed E-state index contributed by atoms with van der Waals surface area (Å²) in [5, 5.41) is 4.30. The highest BCUT2D eigenvalue weighted by atomic mass is 16.5. The Hall–Kier alpha value is -4.86. The Labute approximate surface area is 245 Å². The molecule has 2 amide bonds. The van der Waals surface area contributed by atoms with Crippen LogP contribution < -0.4 is 14.8 Å². The number of hydrogen-bond donors (Lipinski definition) is 1. The highest BCUT2D eigenvalue weighted by Crippen LogP contribution is 2.32. The Morgan fingerprint density at radius 1 is 0.952 bits per heavy atom. The summed E-state index contributed by atoms with van der Waals surface area (Å²) >= 11 is 0. The van der Waals surface area contributed by atoms with Gasteiger partial charge in [-0.25, -0.2) is 19.7 Å². The number of anilines is 2. The number of hydrogen-bond acceptors (Lipinski definition) is 7. The quantitative estimate of drug-likeness (QED) is 0.245. The molecule has 0 saturated carbocycles. The van der Waals surface area contributed by atoms with E-state index in [4.69, 9.17) is 9.47 Å². The third-order valence-corrected chi connectivity index (χ3v) is 7.04. The SMILES string of the molecule is CC.Cc1cc(Nc2ncnc3ccc(OC4CCN(C(=O)N(C)C)CC4)cc23)ccc1Oc1ccn2ccnc2c1. The lowest BCUT2D eigenvalue weighted by Gasteiger charge is -2.33. The minimum atomic E-state index is 0.0442. The molecular formula is C32H37N7O3. The fourth-order valence-electron chi connectivity index (χ4n) is 4.91. The lowest BCUT2D eigenvalue weighted by atomic mass is 10.1. The van der Waals surface area contributed by atoms with Crippen molar-refractivity contribution in [3.8, 4) is 17.2 Å². The Kier molecular flexibility index (Phi) is 8.71. The van der Waals surface area contributed by atoms with E-state index in [-0.39, 0.29) is 12.1 Å². The van der Waals surface area contributed by atoms with Crippen LogP contribution in [0.15, 0.2) is 73.4 Å². The summed E-state index contributed by atoms with van der Waals surface area (Å²) < 4.78 is 14.4. The molecule has 0 radical (unpaired) electrons. The first-order chi connectivity index (χ1) is 20.4. The number of benzene rings is 2. The van der Waals surface area contributed by atoms with Gasteiger partial charge in [0.1, 0.15) is 41.1 Å². The summed E-state index contributed by atoms with van der Waals surface area (Å²) in [4.78, 5) is 29.0. The van der Waals surface area contributed by atoms with Crippen LogP contribution in [0.4, 0.5) is 16.3 Å². The van der Waals surface area contributed by atoms with Crippen LogP contribution in [0.1, 0.15) is 32.3 Å². The molecule has 1 fully saturated rings. The molecule has 0 bridgehead atoms. The molecule has 3 aromatic heterocycles. The Balaban J connectivity index is 0.00000173. The molecule has 1 N–H and O–H groups in total. The Bertz CT molecular complexity index is 1680. The molecule has 4 heterocycles. The number of ether oxygens (including phenoxy) is 2. The summed E-state index contributed by atoms with van der Waals surface area (Å²) in [6, 6.07) is 15.7. The van der Waals surface area contributed by atoms with Crippen LogP contribution in [0.5, 0.6) is 17.2 Å². The molecule has 1 aliphatic rings. The summed E-state index contributed by atoms with van der Waals surface area (Å²) in [5.74, 6) is 2.95. The summed E-state index contributed by atoms with van der Waals surface area (Å²) in [6.45, 7) is 7.38. The van der Waals surface area contributed by atoms with E-state index >= 15 is 0 Å². The molecular weight excluding hydrogens is 530 g/mol. The Morgan fingerprint density at radius 2 is 1.76 bits per heavy atom. The lowest BCUT2D eigenvalue weighted by Crippen LogP contribution is -2.46. The van der Waals surface area contributed by atoms with Crippen molar-refractivity contribution >= 4 is 34.1 Å². The minimum absolute atomic E-state index is 0.0442. The van der Waals surface area contributed by atoms with E-state index in [2.05, 4.69) is 20.3 Å². The van der Waals surface area contributed by atoms with Crippen LogP contribution in [0.3, 0.4) is 0 Å². The normalized spacial score (nSPS) is 13.4. The zero-order valence-corrected chi connectivity index (χ0v) is 24.7. The fraction of sp³-hybridized carbons (Fsp3) is 0.312. The fourth-order valence-corrected chi connectivity index (χ4v) is 4.91. The van der Waals surface area contributed by atoms with Gasteiger partial charge in [0, 0.05) is 75.8 Å². The number of aryl methyl sites for hydroxylation is 1. The van der Waals surface area contributed by atoms with E-state index in [0.29, 0.717) is 18.9 Å². The second-order valence-electron chi connectivity index (χ2n) is 10.1. The maximum atomic E-state index is 12.2. The zero-order chi connectivity index (χ0) is 29.6. The molecule has 0 atom stereocenters. The van der Waals surface area contributed by atoms with Gasteiger partial charge in [-0.3, -0.25) is 0 Å². The first-order valence-electron chi connectivity index (χ1n) is 14.3. The highest BCUT2D eigenvalue weighted by Gasteiger charge is 2.25. The second-order valence-corrected chi connectivity index (χ2v) is 10.1. The van der Waals surface area contributed by atoms with Crippen molar-refractivity contribution in [3.05, 3.63) is 79.0 Å². The zero-order valence-electron chi connectivity index (χ0n) is 24.7. The summed E-state index contributed by atoms with van der Waals surface area (Å²) in [6.07, 6.45) is 8.77. The van der Waals surface area contributed by atoms with E-state index in [1.54, 1.807) is 31.5 Å². The number of pyridine rings is 1. The monoisotopic (exact) mass is 567 g/mol. The number of nitrogens with zero attached hydrogens (tertiary/aromatic N) is 6. The third-order valence-electron chi connectivity index (χ3n) is 7.04. The number of aromatic nitrogens is 4. The number of nitrogens with one attached hydrogen (secondary N) is 1. The van der Waals surface area contributed by atoms with Crippen molar-refractivity contribution in [1.82, 2.24) is 29.2 Å². The van der Waals surface area contributed by atoms with Crippen molar-refractivity contribution < 1.29 is 14.3 Å². The van der Waals surface area contributed by atoms with Gasteiger partial charge in [0.15, 0.2) is 0 Å². The number of rotatable bonds is 6. The van der Waals surface area contributed by atoms with Gasteiger partial charge in [-0.15, -0.1) is 0 Å². The molecule has 1 saturated heterocycles. The van der Waals surface area contributed by atoms with Crippen LogP contribution in [0.2, 0.25) is 0 Å². The smallest absolute Gasteiger partial charge is 0.319 e. The molecule has 10 heteroatoms. The molecule has 10 nitrogen and oxygen atoms in total. The third kappa shape index (κ3) is 6.38. The summed E-state index contributed by atoms with van der Waals surface area (Å²) in [7, 11) is 3.56. The van der Waals surface area contributed by atoms with E-state index in [9.17, 15) is 4.79 Å². The number of carbonyl (C=O) groups excluding carboxylic acids is 1. The van der Waals surface area contributed by atoms with Crippen LogP contribution in [0, 0.1) is 6.92 Å². The minimum Gasteiger partial charge on any atom is -0.490 e. The first-order valence-corrected chi connectivity index (χ1v) is 14.3. The van der Waals surface area contributed by atoms with E-state index in [0.717, 1.165) is 57.9 Å². The van der Waals surface area contributed by atoms with Gasteiger partial charge in [0.2, 0.25) is 0 Å². The van der Waals surface area contributed by atoms with E-state index in [1.807, 2.05) is 91.0 Å². The molecule has 0 unspecified atom stereocenters. The number of fused-ring (bicyclic) bond motifs is 2. The number of imidazole rings is 1. The average Bonchev–Trinajstić information content (AvgIpc) is 3.48. The van der Waals surface area contributed by atoms with E-state index in [1.165, 1.54) is 0 Å². The maximum Gasteiger partial charge on any atom is 0.319 e. The second kappa shape index (κ2) is 12.8. The topological polar surface area (TPSA) is 97.1 Å². The molecule has 6 rings (SSSR count). The molecule has 218 valence electrons. The van der Waals surface area contributed by atoms with Gasteiger partial charge in [-0.2, -0.15) is 0 Å². The number of likely N-dealkylation sites (tertiary alicyclic amines) is 1. The first kappa shape index (κ1) is 28.7. The number of amides is 2. The van der Waals surface area contributed by atoms with Gasteiger partial charge in [0.05, 0.1) is 5.52 Å². The van der Waals surface area contributed by atoms with Gasteiger partial charge < -0.3 is 29.0 Å². The van der Waals surface area contributed by atoms with Gasteiger partial charge in [0.25, 0.3) is 0 Å². The highest BCUT2D eigenvalue weighted by molar-refractivity contribution is 5.91. The lowest BCUT2D eigenvalue weighted by molar-refractivity contribution is 0.101. The van der Waals surface area contributed by atoms with Crippen LogP contribution in [0.25, 0.3) is 16.6 Å². The standard InChI is InChI=1S/C30H31N7O3.C2H6/c1-20-16-21(4-7-27(20)40-24-10-12-36-15-11-31-28(36)18-24)34-29-25-17-23(5-6-26(25)32-19-33-29)39-22-8-13-37(14-9-22)30(38)35(2)3;1-2/h4-7,10-12,15-19,22H,8-9,13-14H2,1-3H3,(H,32,33,34);1-2H3. The van der Waals surface area contributed by atoms with Crippen molar-refractivity contribution in [2.75, 3.05) is 32.5 Å². The number of piperidine rings is 1. The molecule has 1 aliphatic heterocycles. The molecule has 5 aromatic rings. The van der Waals surface area contributed by atoms with Crippen LogP contribution in [-0.2, 0) is 0 Å². The van der Waals surface area contributed by atoms with Crippen molar-refractivity contribution in [2.45, 2.75) is 39.7 Å². The predicted molar refractivity (Wildman–Crippen MR) is 165 cm³/mol. The van der Waals surface area contributed by atoms with Crippen molar-refractivity contribution in [1.29, 1.82) is 0 Å².